The molecule has 1 N–H and O–H groups in total. The number of nitrogens with zero attached hydrogens (tertiary/aromatic N) is 1. The zero-order valence-electron chi connectivity index (χ0n) is 15.0. The second-order valence-corrected chi connectivity index (χ2v) is 6.60. The fourth-order valence-electron chi connectivity index (χ4n) is 3.21. The lowest BCUT2D eigenvalue weighted by Crippen LogP contribution is -2.44. The predicted molar refractivity (Wildman–Crippen MR) is 101 cm³/mol. The third-order valence-corrected chi connectivity index (χ3v) is 4.73. The molecule has 0 unspecified atom stereocenters. The summed E-state index contributed by atoms with van der Waals surface area (Å²) in [7, 11) is 1.72. The quantitative estimate of drug-likeness (QED) is 0.839. The summed E-state index contributed by atoms with van der Waals surface area (Å²) in [6.45, 7) is 0. The summed E-state index contributed by atoms with van der Waals surface area (Å²) in [6.07, 6.45) is 5.39. The Morgan fingerprint density at radius 3 is 2.19 bits per heavy atom. The highest BCUT2D eigenvalue weighted by molar-refractivity contribution is 6.39. The Kier molecular flexibility index (Phi) is 5.89. The molecule has 3 rings (SSSR count). The molecule has 2 amide bonds. The summed E-state index contributed by atoms with van der Waals surface area (Å²) in [6, 6.07) is 16.6. The molecule has 0 radical (unpaired) electrons. The van der Waals surface area contributed by atoms with Crippen LogP contribution >= 0.6 is 0 Å². The van der Waals surface area contributed by atoms with Crippen LogP contribution in [0.25, 0.3) is 0 Å². The molecule has 5 nitrogen and oxygen atoms in total. The Bertz CT molecular complexity index is 738. The number of ether oxygens (including phenoxy) is 1. The minimum atomic E-state index is -0.602. The van der Waals surface area contributed by atoms with Crippen LogP contribution in [-0.4, -0.2) is 29.8 Å². The van der Waals surface area contributed by atoms with Crippen molar-refractivity contribution in [2.45, 2.75) is 38.1 Å². The Hall–Kier alpha value is -2.82. The van der Waals surface area contributed by atoms with Crippen molar-refractivity contribution in [1.29, 1.82) is 0 Å². The maximum absolute atomic E-state index is 12.3. The number of rotatable bonds is 4. The Balaban J connectivity index is 1.56. The maximum Gasteiger partial charge on any atom is 0.313 e. The lowest BCUT2D eigenvalue weighted by Gasteiger charge is -2.30. The molecule has 136 valence electrons. The lowest BCUT2D eigenvalue weighted by molar-refractivity contribution is -0.144. The monoisotopic (exact) mass is 352 g/mol. The summed E-state index contributed by atoms with van der Waals surface area (Å²) in [5.74, 6) is 0.324. The summed E-state index contributed by atoms with van der Waals surface area (Å²) in [4.78, 5) is 26.2. The first kappa shape index (κ1) is 18.0. The van der Waals surface area contributed by atoms with E-state index in [1.54, 1.807) is 36.2 Å². The van der Waals surface area contributed by atoms with E-state index in [1.807, 2.05) is 30.3 Å². The summed E-state index contributed by atoms with van der Waals surface area (Å²) >= 11 is 0. The van der Waals surface area contributed by atoms with Crippen LogP contribution in [0.2, 0.25) is 0 Å². The summed E-state index contributed by atoms with van der Waals surface area (Å²) in [5, 5.41) is 2.67. The van der Waals surface area contributed by atoms with Crippen LogP contribution in [-0.2, 0) is 9.59 Å². The Labute approximate surface area is 154 Å². The largest absolute Gasteiger partial charge is 0.457 e. The van der Waals surface area contributed by atoms with Gasteiger partial charge in [-0.05, 0) is 49.2 Å². The first-order valence-electron chi connectivity index (χ1n) is 9.04. The number of carbonyl (C=O) groups excluding carboxylic acids is 2. The molecule has 1 aliphatic rings. The third-order valence-electron chi connectivity index (χ3n) is 4.73. The number of amides is 2. The highest BCUT2D eigenvalue weighted by Crippen LogP contribution is 2.23. The van der Waals surface area contributed by atoms with Crippen LogP contribution in [0.5, 0.6) is 11.5 Å². The third kappa shape index (κ3) is 4.63. The fourth-order valence-corrected chi connectivity index (χ4v) is 3.21. The van der Waals surface area contributed by atoms with E-state index in [9.17, 15) is 9.59 Å². The number of anilines is 1. The molecule has 1 fully saturated rings. The normalized spacial score (nSPS) is 14.5. The van der Waals surface area contributed by atoms with Crippen molar-refractivity contribution < 1.29 is 14.3 Å². The molecule has 0 spiro atoms. The molecule has 0 aliphatic heterocycles. The van der Waals surface area contributed by atoms with E-state index in [2.05, 4.69) is 5.32 Å². The molecule has 2 aromatic carbocycles. The maximum atomic E-state index is 12.3. The number of hydrogen-bond donors (Lipinski definition) is 1. The molecular formula is C21H24N2O3. The van der Waals surface area contributed by atoms with Crippen LogP contribution in [0.3, 0.4) is 0 Å². The minimum Gasteiger partial charge on any atom is -0.457 e. The van der Waals surface area contributed by atoms with Gasteiger partial charge in [-0.25, -0.2) is 0 Å². The molecule has 1 aliphatic carbocycles. The van der Waals surface area contributed by atoms with Gasteiger partial charge in [0.1, 0.15) is 11.5 Å². The molecule has 0 atom stereocenters. The van der Waals surface area contributed by atoms with Crippen molar-refractivity contribution in [2.24, 2.45) is 0 Å². The molecule has 1 saturated carbocycles. The SMILES string of the molecule is CN(C(=O)C(=O)Nc1ccc(Oc2ccccc2)cc1)C1CCCCC1. The number of carbonyl (C=O) groups is 2. The predicted octanol–water partition coefficient (Wildman–Crippen LogP) is 4.21. The number of para-hydroxylation sites is 1. The molecule has 0 bridgehead atoms. The lowest BCUT2D eigenvalue weighted by atomic mass is 9.94. The average Bonchev–Trinajstić information content (AvgIpc) is 2.70. The van der Waals surface area contributed by atoms with Crippen molar-refractivity contribution in [3.63, 3.8) is 0 Å². The van der Waals surface area contributed by atoms with Crippen molar-refractivity contribution in [3.05, 3.63) is 54.6 Å². The zero-order valence-corrected chi connectivity index (χ0v) is 15.0. The second-order valence-electron chi connectivity index (χ2n) is 6.60. The standard InChI is InChI=1S/C21H24N2O3/c1-23(17-8-4-2-5-9-17)21(25)20(24)22-16-12-14-19(15-13-16)26-18-10-6-3-7-11-18/h3,6-7,10-15,17H,2,4-5,8-9H2,1H3,(H,22,24). The van der Waals surface area contributed by atoms with Crippen LogP contribution in [0.15, 0.2) is 54.6 Å². The van der Waals surface area contributed by atoms with Gasteiger partial charge in [-0.3, -0.25) is 9.59 Å². The van der Waals surface area contributed by atoms with E-state index < -0.39 is 11.8 Å². The van der Waals surface area contributed by atoms with Gasteiger partial charge in [0.2, 0.25) is 0 Å². The van der Waals surface area contributed by atoms with E-state index in [1.165, 1.54) is 6.42 Å². The van der Waals surface area contributed by atoms with Gasteiger partial charge >= 0.3 is 11.8 Å². The molecule has 0 aromatic heterocycles. The van der Waals surface area contributed by atoms with Crippen molar-refractivity contribution in [3.8, 4) is 11.5 Å². The van der Waals surface area contributed by atoms with E-state index in [0.717, 1.165) is 31.4 Å². The highest BCUT2D eigenvalue weighted by atomic mass is 16.5. The van der Waals surface area contributed by atoms with Gasteiger partial charge in [0, 0.05) is 18.8 Å². The topological polar surface area (TPSA) is 58.6 Å². The first-order chi connectivity index (χ1) is 12.6. The van der Waals surface area contributed by atoms with E-state index in [4.69, 9.17) is 4.74 Å². The van der Waals surface area contributed by atoms with Gasteiger partial charge in [0.25, 0.3) is 0 Å². The van der Waals surface area contributed by atoms with Gasteiger partial charge in [-0.1, -0.05) is 37.5 Å². The second kappa shape index (κ2) is 8.52. The number of hydrogen-bond acceptors (Lipinski definition) is 3. The van der Waals surface area contributed by atoms with Crippen LogP contribution in [0.4, 0.5) is 5.69 Å². The minimum absolute atomic E-state index is 0.170. The van der Waals surface area contributed by atoms with Gasteiger partial charge < -0.3 is 15.0 Å². The first-order valence-corrected chi connectivity index (χ1v) is 9.04. The van der Waals surface area contributed by atoms with E-state index in [-0.39, 0.29) is 6.04 Å². The number of benzene rings is 2. The molecule has 0 saturated heterocycles. The van der Waals surface area contributed by atoms with Gasteiger partial charge in [0.15, 0.2) is 0 Å². The molecule has 0 heterocycles. The molecular weight excluding hydrogens is 328 g/mol. The fraction of sp³-hybridized carbons (Fsp3) is 0.333. The Morgan fingerprint density at radius 2 is 1.54 bits per heavy atom. The highest BCUT2D eigenvalue weighted by Gasteiger charge is 2.26. The van der Waals surface area contributed by atoms with Crippen LogP contribution in [0.1, 0.15) is 32.1 Å². The van der Waals surface area contributed by atoms with Crippen molar-refractivity contribution in [2.75, 3.05) is 12.4 Å². The average molecular weight is 352 g/mol. The molecule has 5 heteroatoms. The summed E-state index contributed by atoms with van der Waals surface area (Å²) in [5.41, 5.74) is 0.570. The van der Waals surface area contributed by atoms with Gasteiger partial charge in [-0.2, -0.15) is 0 Å². The molecule has 26 heavy (non-hydrogen) atoms. The van der Waals surface area contributed by atoms with Crippen molar-refractivity contribution in [1.82, 2.24) is 4.90 Å². The van der Waals surface area contributed by atoms with Crippen LogP contribution in [0, 0.1) is 0 Å². The smallest absolute Gasteiger partial charge is 0.313 e. The molecule has 2 aromatic rings. The van der Waals surface area contributed by atoms with Gasteiger partial charge in [0.05, 0.1) is 0 Å². The van der Waals surface area contributed by atoms with Crippen LogP contribution < -0.4 is 10.1 Å². The van der Waals surface area contributed by atoms with E-state index in [0.29, 0.717) is 11.4 Å². The summed E-state index contributed by atoms with van der Waals surface area (Å²) < 4.78 is 5.72. The van der Waals surface area contributed by atoms with Gasteiger partial charge in [-0.15, -0.1) is 0 Å². The number of nitrogens with one attached hydrogen (secondary N) is 1. The Morgan fingerprint density at radius 1 is 0.923 bits per heavy atom. The van der Waals surface area contributed by atoms with E-state index >= 15 is 0 Å². The number of likely N-dealkylation sites (N-methyl/N-ethyl adjacent to an activating group) is 1. The zero-order chi connectivity index (χ0) is 18.4. The van der Waals surface area contributed by atoms with Crippen molar-refractivity contribution >= 4 is 17.5 Å².